The van der Waals surface area contributed by atoms with E-state index in [4.69, 9.17) is 4.74 Å². The van der Waals surface area contributed by atoms with Gasteiger partial charge < -0.3 is 20.5 Å². The molecule has 0 spiro atoms. The van der Waals surface area contributed by atoms with Gasteiger partial charge in [-0.05, 0) is 44.9 Å². The number of benzene rings is 1. The molecule has 0 fully saturated rings. The van der Waals surface area contributed by atoms with E-state index in [-0.39, 0.29) is 29.7 Å². The van der Waals surface area contributed by atoms with Crippen molar-refractivity contribution < 1.29 is 9.84 Å². The second-order valence-corrected chi connectivity index (χ2v) is 4.88. The predicted octanol–water partition coefficient (Wildman–Crippen LogP) is 3.26. The fourth-order valence-electron chi connectivity index (χ4n) is 1.75. The predicted molar refractivity (Wildman–Crippen MR) is 102 cm³/mol. The molecule has 0 aromatic heterocycles. The average molecular weight is 421 g/mol. The van der Waals surface area contributed by atoms with Crippen molar-refractivity contribution in [2.24, 2.45) is 4.99 Å². The standard InChI is InChI=1S/C16H27N3O2.HI/c1-5-12(4)19-16(17-6-2)18-11-13-8-9-14(20)15(10-13)21-7-3;/h8-10,12,20H,5-7,11H2,1-4H3,(H2,17,18,19);1H. The molecule has 6 heteroatoms. The van der Waals surface area contributed by atoms with E-state index in [1.807, 2.05) is 26.0 Å². The highest BCUT2D eigenvalue weighted by Gasteiger charge is 2.05. The van der Waals surface area contributed by atoms with E-state index in [9.17, 15) is 5.11 Å². The first-order valence-electron chi connectivity index (χ1n) is 7.60. The Balaban J connectivity index is 0.00000441. The van der Waals surface area contributed by atoms with Crippen molar-refractivity contribution in [1.29, 1.82) is 0 Å². The number of guanidine groups is 1. The molecule has 0 bridgehead atoms. The lowest BCUT2D eigenvalue weighted by molar-refractivity contribution is 0.318. The van der Waals surface area contributed by atoms with E-state index < -0.39 is 0 Å². The summed E-state index contributed by atoms with van der Waals surface area (Å²) in [6.07, 6.45) is 1.04. The van der Waals surface area contributed by atoms with E-state index in [0.717, 1.165) is 24.5 Å². The van der Waals surface area contributed by atoms with Crippen LogP contribution in [0.25, 0.3) is 0 Å². The third-order valence-electron chi connectivity index (χ3n) is 3.08. The molecule has 126 valence electrons. The Morgan fingerprint density at radius 3 is 2.64 bits per heavy atom. The molecule has 0 saturated carbocycles. The summed E-state index contributed by atoms with van der Waals surface area (Å²) in [6, 6.07) is 5.70. The molecule has 5 nitrogen and oxygen atoms in total. The van der Waals surface area contributed by atoms with Crippen LogP contribution in [-0.2, 0) is 6.54 Å². The van der Waals surface area contributed by atoms with Gasteiger partial charge in [-0.1, -0.05) is 13.0 Å². The normalized spacial score (nSPS) is 12.3. The lowest BCUT2D eigenvalue weighted by atomic mass is 10.2. The van der Waals surface area contributed by atoms with Crippen LogP contribution in [0.3, 0.4) is 0 Å². The van der Waals surface area contributed by atoms with E-state index in [1.165, 1.54) is 0 Å². The van der Waals surface area contributed by atoms with Crippen LogP contribution < -0.4 is 15.4 Å². The summed E-state index contributed by atoms with van der Waals surface area (Å²) in [4.78, 5) is 4.56. The summed E-state index contributed by atoms with van der Waals surface area (Å²) in [7, 11) is 0. The van der Waals surface area contributed by atoms with Gasteiger partial charge in [0.2, 0.25) is 0 Å². The number of aromatic hydroxyl groups is 1. The Bertz CT molecular complexity index is 467. The van der Waals surface area contributed by atoms with Gasteiger partial charge in [0, 0.05) is 12.6 Å². The van der Waals surface area contributed by atoms with Crippen molar-refractivity contribution in [3.05, 3.63) is 23.8 Å². The highest BCUT2D eigenvalue weighted by atomic mass is 127. The maximum Gasteiger partial charge on any atom is 0.191 e. The number of hydrogen-bond donors (Lipinski definition) is 3. The van der Waals surface area contributed by atoms with Gasteiger partial charge in [-0.15, -0.1) is 24.0 Å². The number of halogens is 1. The minimum Gasteiger partial charge on any atom is -0.504 e. The van der Waals surface area contributed by atoms with E-state index in [0.29, 0.717) is 24.9 Å². The third kappa shape index (κ3) is 7.20. The summed E-state index contributed by atoms with van der Waals surface area (Å²) in [6.45, 7) is 10.1. The summed E-state index contributed by atoms with van der Waals surface area (Å²) >= 11 is 0. The molecule has 0 radical (unpaired) electrons. The topological polar surface area (TPSA) is 65.9 Å². The van der Waals surface area contributed by atoms with E-state index in [2.05, 4.69) is 29.5 Å². The van der Waals surface area contributed by atoms with Crippen molar-refractivity contribution in [2.45, 2.75) is 46.7 Å². The highest BCUT2D eigenvalue weighted by Crippen LogP contribution is 2.27. The first kappa shape index (κ1) is 20.8. The molecule has 0 heterocycles. The van der Waals surface area contributed by atoms with Crippen LogP contribution in [0.2, 0.25) is 0 Å². The smallest absolute Gasteiger partial charge is 0.191 e. The van der Waals surface area contributed by atoms with Crippen LogP contribution in [0.1, 0.15) is 39.7 Å². The van der Waals surface area contributed by atoms with Crippen LogP contribution in [0.4, 0.5) is 0 Å². The highest BCUT2D eigenvalue weighted by molar-refractivity contribution is 14.0. The first-order valence-corrected chi connectivity index (χ1v) is 7.60. The fraction of sp³-hybridized carbons (Fsp3) is 0.562. The number of aliphatic imine (C=N–C) groups is 1. The van der Waals surface area contributed by atoms with Gasteiger partial charge in [0.1, 0.15) is 0 Å². The maximum absolute atomic E-state index is 9.69. The number of hydrogen-bond acceptors (Lipinski definition) is 3. The number of ether oxygens (including phenoxy) is 1. The van der Waals surface area contributed by atoms with Crippen LogP contribution in [0.15, 0.2) is 23.2 Å². The lowest BCUT2D eigenvalue weighted by Crippen LogP contribution is -2.41. The van der Waals surface area contributed by atoms with Crippen LogP contribution >= 0.6 is 24.0 Å². The van der Waals surface area contributed by atoms with Crippen LogP contribution in [0, 0.1) is 0 Å². The molecule has 1 aromatic carbocycles. The Hall–Kier alpha value is -1.18. The molecule has 0 amide bonds. The van der Waals surface area contributed by atoms with Crippen LogP contribution in [-0.4, -0.2) is 30.3 Å². The molecule has 0 aliphatic rings. The summed E-state index contributed by atoms with van der Waals surface area (Å²) in [5.41, 5.74) is 0.998. The number of nitrogens with one attached hydrogen (secondary N) is 2. The molecule has 0 aliphatic heterocycles. The zero-order valence-electron chi connectivity index (χ0n) is 13.8. The fourth-order valence-corrected chi connectivity index (χ4v) is 1.75. The van der Waals surface area contributed by atoms with Gasteiger partial charge in [-0.25, -0.2) is 4.99 Å². The monoisotopic (exact) mass is 421 g/mol. The first-order chi connectivity index (χ1) is 10.1. The van der Waals surface area contributed by atoms with Crippen molar-refractivity contribution >= 4 is 29.9 Å². The van der Waals surface area contributed by atoms with Gasteiger partial charge in [0.15, 0.2) is 17.5 Å². The van der Waals surface area contributed by atoms with Gasteiger partial charge >= 0.3 is 0 Å². The second kappa shape index (κ2) is 11.4. The summed E-state index contributed by atoms with van der Waals surface area (Å²) in [5, 5.41) is 16.3. The Labute approximate surface area is 150 Å². The molecule has 1 aromatic rings. The molecular formula is C16H28IN3O2. The van der Waals surface area contributed by atoms with Gasteiger partial charge in [0.05, 0.1) is 13.2 Å². The van der Waals surface area contributed by atoms with E-state index in [1.54, 1.807) is 6.07 Å². The van der Waals surface area contributed by atoms with Crippen molar-refractivity contribution in [2.75, 3.05) is 13.2 Å². The number of nitrogens with zero attached hydrogens (tertiary/aromatic N) is 1. The largest absolute Gasteiger partial charge is 0.504 e. The molecule has 0 aliphatic carbocycles. The average Bonchev–Trinajstić information content (AvgIpc) is 2.48. The molecular weight excluding hydrogens is 393 g/mol. The molecule has 1 rings (SSSR count). The lowest BCUT2D eigenvalue weighted by Gasteiger charge is -2.16. The Morgan fingerprint density at radius 1 is 1.32 bits per heavy atom. The van der Waals surface area contributed by atoms with Gasteiger partial charge in [-0.3, -0.25) is 0 Å². The SMILES string of the molecule is CCNC(=NCc1ccc(O)c(OCC)c1)NC(C)CC.I. The zero-order valence-corrected chi connectivity index (χ0v) is 16.2. The number of phenolic OH excluding ortho intramolecular Hbond substituents is 1. The second-order valence-electron chi connectivity index (χ2n) is 4.88. The number of rotatable bonds is 7. The quantitative estimate of drug-likeness (QED) is 0.359. The minimum absolute atomic E-state index is 0. The summed E-state index contributed by atoms with van der Waals surface area (Å²) in [5.74, 6) is 1.47. The maximum atomic E-state index is 9.69. The molecule has 22 heavy (non-hydrogen) atoms. The number of phenols is 1. The zero-order chi connectivity index (χ0) is 15.7. The van der Waals surface area contributed by atoms with Crippen molar-refractivity contribution in [3.8, 4) is 11.5 Å². The third-order valence-corrected chi connectivity index (χ3v) is 3.08. The van der Waals surface area contributed by atoms with Crippen LogP contribution in [0.5, 0.6) is 11.5 Å². The van der Waals surface area contributed by atoms with Gasteiger partial charge in [-0.2, -0.15) is 0 Å². The Kier molecular flexibility index (Phi) is 10.8. The molecule has 3 N–H and O–H groups in total. The molecule has 0 saturated heterocycles. The molecule has 1 unspecified atom stereocenters. The van der Waals surface area contributed by atoms with Crippen molar-refractivity contribution in [1.82, 2.24) is 10.6 Å². The van der Waals surface area contributed by atoms with E-state index >= 15 is 0 Å². The van der Waals surface area contributed by atoms with Crippen molar-refractivity contribution in [3.63, 3.8) is 0 Å². The Morgan fingerprint density at radius 2 is 2.05 bits per heavy atom. The minimum atomic E-state index is 0. The molecule has 1 atom stereocenters. The van der Waals surface area contributed by atoms with Gasteiger partial charge in [0.25, 0.3) is 0 Å². The summed E-state index contributed by atoms with van der Waals surface area (Å²) < 4.78 is 5.38.